The van der Waals surface area contributed by atoms with Crippen LogP contribution in [0.5, 0.6) is 0 Å². The van der Waals surface area contributed by atoms with Gasteiger partial charge in [0, 0.05) is 6.54 Å². The summed E-state index contributed by atoms with van der Waals surface area (Å²) in [5.41, 5.74) is 8.32. The van der Waals surface area contributed by atoms with Crippen molar-refractivity contribution in [3.8, 4) is 0 Å². The van der Waals surface area contributed by atoms with Gasteiger partial charge in [-0.1, -0.05) is 42.5 Å². The molecule has 0 radical (unpaired) electrons. The average Bonchev–Trinajstić information content (AvgIpc) is 2.53. The van der Waals surface area contributed by atoms with E-state index in [1.807, 2.05) is 48.5 Å². The molecule has 1 aromatic heterocycles. The Balaban J connectivity index is 1.82. The summed E-state index contributed by atoms with van der Waals surface area (Å²) >= 11 is 0. The minimum atomic E-state index is -0.324. The molecule has 0 aliphatic rings. The van der Waals surface area contributed by atoms with Gasteiger partial charge in [-0.2, -0.15) is 0 Å². The number of carbonyl (C=O) groups excluding carboxylic acids is 1. The van der Waals surface area contributed by atoms with Crippen molar-refractivity contribution in [1.82, 2.24) is 15.3 Å². The number of nitrogens with one attached hydrogen (secondary N) is 1. The molecule has 0 saturated carbocycles. The second-order valence-corrected chi connectivity index (χ2v) is 4.61. The second-order valence-electron chi connectivity index (χ2n) is 4.61. The monoisotopic (exact) mass is 278 g/mol. The topological polar surface area (TPSA) is 80.9 Å². The number of rotatable bonds is 3. The van der Waals surface area contributed by atoms with E-state index >= 15 is 0 Å². The maximum Gasteiger partial charge on any atom is 0.274 e. The first-order valence-electron chi connectivity index (χ1n) is 6.58. The number of aromatic nitrogens is 2. The van der Waals surface area contributed by atoms with E-state index in [-0.39, 0.29) is 17.4 Å². The number of anilines is 1. The number of para-hydroxylation sites is 2. The van der Waals surface area contributed by atoms with Gasteiger partial charge in [-0.05, 0) is 17.7 Å². The largest absolute Gasteiger partial charge is 0.382 e. The van der Waals surface area contributed by atoms with E-state index in [4.69, 9.17) is 5.73 Å². The molecule has 2 aromatic carbocycles. The Hall–Kier alpha value is -2.95. The van der Waals surface area contributed by atoms with Crippen LogP contribution in [0.15, 0.2) is 54.6 Å². The molecule has 1 heterocycles. The van der Waals surface area contributed by atoms with Crippen molar-refractivity contribution in [1.29, 1.82) is 0 Å². The highest BCUT2D eigenvalue weighted by Crippen LogP contribution is 2.14. The van der Waals surface area contributed by atoms with Crippen LogP contribution < -0.4 is 11.1 Å². The van der Waals surface area contributed by atoms with Crippen molar-refractivity contribution < 1.29 is 4.79 Å². The third kappa shape index (κ3) is 2.81. The molecule has 0 fully saturated rings. The van der Waals surface area contributed by atoms with Gasteiger partial charge < -0.3 is 11.1 Å². The summed E-state index contributed by atoms with van der Waals surface area (Å²) in [6.45, 7) is 0.424. The van der Waals surface area contributed by atoms with Crippen molar-refractivity contribution >= 4 is 22.8 Å². The van der Waals surface area contributed by atoms with Gasteiger partial charge in [0.05, 0.1) is 11.0 Å². The van der Waals surface area contributed by atoms with Crippen LogP contribution in [-0.4, -0.2) is 15.9 Å². The minimum absolute atomic E-state index is 0.138. The Labute approximate surface area is 121 Å². The molecule has 3 aromatic rings. The van der Waals surface area contributed by atoms with Crippen molar-refractivity contribution in [3.63, 3.8) is 0 Å². The second kappa shape index (κ2) is 5.58. The number of nitrogen functional groups attached to an aromatic ring is 1. The molecule has 0 unspecified atom stereocenters. The van der Waals surface area contributed by atoms with E-state index in [9.17, 15) is 4.79 Å². The molecule has 0 bridgehead atoms. The first-order valence-corrected chi connectivity index (χ1v) is 6.58. The molecule has 5 heteroatoms. The summed E-state index contributed by atoms with van der Waals surface area (Å²) < 4.78 is 0. The highest BCUT2D eigenvalue weighted by Gasteiger charge is 2.13. The highest BCUT2D eigenvalue weighted by molar-refractivity contribution is 5.98. The fourth-order valence-electron chi connectivity index (χ4n) is 2.04. The minimum Gasteiger partial charge on any atom is -0.382 e. The molecule has 0 spiro atoms. The van der Waals surface area contributed by atoms with Gasteiger partial charge in [0.2, 0.25) is 0 Å². The molecule has 0 aliphatic heterocycles. The third-order valence-electron chi connectivity index (χ3n) is 3.11. The normalized spacial score (nSPS) is 10.5. The van der Waals surface area contributed by atoms with Crippen molar-refractivity contribution in [3.05, 3.63) is 65.9 Å². The van der Waals surface area contributed by atoms with Gasteiger partial charge in [-0.3, -0.25) is 4.79 Å². The van der Waals surface area contributed by atoms with E-state index in [2.05, 4.69) is 15.3 Å². The Kier molecular flexibility index (Phi) is 3.47. The number of nitrogens with zero attached hydrogens (tertiary/aromatic N) is 2. The molecule has 1 amide bonds. The fraction of sp³-hybridized carbons (Fsp3) is 0.0625. The number of nitrogens with two attached hydrogens (primary N) is 1. The molecular weight excluding hydrogens is 264 g/mol. The molecule has 0 aliphatic carbocycles. The van der Waals surface area contributed by atoms with E-state index < -0.39 is 0 Å². The van der Waals surface area contributed by atoms with Gasteiger partial charge in [-0.15, -0.1) is 0 Å². The van der Waals surface area contributed by atoms with Crippen LogP contribution in [0.4, 0.5) is 5.82 Å². The van der Waals surface area contributed by atoms with Crippen LogP contribution in [0.25, 0.3) is 11.0 Å². The Morgan fingerprint density at radius 3 is 2.29 bits per heavy atom. The van der Waals surface area contributed by atoms with E-state index in [1.165, 1.54) is 0 Å². The number of amides is 1. The molecule has 0 saturated heterocycles. The maximum absolute atomic E-state index is 12.2. The van der Waals surface area contributed by atoms with E-state index in [0.717, 1.165) is 5.56 Å². The number of benzene rings is 2. The lowest BCUT2D eigenvalue weighted by atomic mass is 10.2. The fourth-order valence-corrected chi connectivity index (χ4v) is 2.04. The Morgan fingerprint density at radius 1 is 0.952 bits per heavy atom. The molecule has 104 valence electrons. The number of hydrogen-bond donors (Lipinski definition) is 2. The number of fused-ring (bicyclic) bond motifs is 1. The van der Waals surface area contributed by atoms with Gasteiger partial charge >= 0.3 is 0 Å². The van der Waals surface area contributed by atoms with Crippen LogP contribution in [0, 0.1) is 0 Å². The molecular formula is C16H14N4O. The Morgan fingerprint density at radius 2 is 1.57 bits per heavy atom. The zero-order valence-corrected chi connectivity index (χ0v) is 11.3. The van der Waals surface area contributed by atoms with Crippen molar-refractivity contribution in [2.24, 2.45) is 0 Å². The Bertz CT molecular complexity index is 787. The first-order chi connectivity index (χ1) is 10.2. The smallest absolute Gasteiger partial charge is 0.274 e. The summed E-state index contributed by atoms with van der Waals surface area (Å²) in [6, 6.07) is 17.0. The molecule has 3 rings (SSSR count). The summed E-state index contributed by atoms with van der Waals surface area (Å²) in [6.07, 6.45) is 0. The zero-order chi connectivity index (χ0) is 14.7. The lowest BCUT2D eigenvalue weighted by molar-refractivity contribution is 0.0947. The maximum atomic E-state index is 12.2. The van der Waals surface area contributed by atoms with Crippen molar-refractivity contribution in [2.75, 3.05) is 5.73 Å². The summed E-state index contributed by atoms with van der Waals surface area (Å²) in [7, 11) is 0. The SMILES string of the molecule is Nc1nc2ccccc2nc1C(=O)NCc1ccccc1. The van der Waals surface area contributed by atoms with Crippen molar-refractivity contribution in [2.45, 2.75) is 6.54 Å². The summed E-state index contributed by atoms with van der Waals surface area (Å²) in [5.74, 6) is -0.186. The van der Waals surface area contributed by atoms with Crippen LogP contribution >= 0.6 is 0 Å². The van der Waals surface area contributed by atoms with Crippen LogP contribution in [0.1, 0.15) is 16.1 Å². The molecule has 21 heavy (non-hydrogen) atoms. The molecule has 0 atom stereocenters. The first kappa shape index (κ1) is 13.1. The van der Waals surface area contributed by atoms with Gasteiger partial charge in [0.15, 0.2) is 11.5 Å². The lowest BCUT2D eigenvalue weighted by Crippen LogP contribution is -2.25. The molecule has 5 nitrogen and oxygen atoms in total. The quantitative estimate of drug-likeness (QED) is 0.769. The predicted octanol–water partition coefficient (Wildman–Crippen LogP) is 2.14. The van der Waals surface area contributed by atoms with Gasteiger partial charge in [-0.25, -0.2) is 9.97 Å². The summed E-state index contributed by atoms with van der Waals surface area (Å²) in [4.78, 5) is 20.7. The van der Waals surface area contributed by atoms with Gasteiger partial charge in [0.25, 0.3) is 5.91 Å². The van der Waals surface area contributed by atoms with Crippen LogP contribution in [0.2, 0.25) is 0 Å². The van der Waals surface area contributed by atoms with E-state index in [1.54, 1.807) is 6.07 Å². The lowest BCUT2D eigenvalue weighted by Gasteiger charge is -2.07. The highest BCUT2D eigenvalue weighted by atomic mass is 16.1. The number of hydrogen-bond acceptors (Lipinski definition) is 4. The van der Waals surface area contributed by atoms with E-state index in [0.29, 0.717) is 17.6 Å². The van der Waals surface area contributed by atoms with Gasteiger partial charge in [0.1, 0.15) is 0 Å². The summed E-state index contributed by atoms with van der Waals surface area (Å²) in [5, 5.41) is 2.80. The number of carbonyl (C=O) groups is 1. The average molecular weight is 278 g/mol. The standard InChI is InChI=1S/C16H14N4O/c17-15-14(19-12-8-4-5-9-13(12)20-15)16(21)18-10-11-6-2-1-3-7-11/h1-9H,10H2,(H2,17,20)(H,18,21). The predicted molar refractivity (Wildman–Crippen MR) is 81.6 cm³/mol. The van der Waals surface area contributed by atoms with Crippen LogP contribution in [0.3, 0.4) is 0 Å². The molecule has 3 N–H and O–H groups in total. The van der Waals surface area contributed by atoms with Crippen LogP contribution in [-0.2, 0) is 6.54 Å². The third-order valence-corrected chi connectivity index (χ3v) is 3.11. The zero-order valence-electron chi connectivity index (χ0n) is 11.3.